The number of benzene rings is 1. The van der Waals surface area contributed by atoms with Crippen LogP contribution in [-0.2, 0) is 39.9 Å². The molecule has 0 amide bonds. The first kappa shape index (κ1) is 40.2. The second-order valence-corrected chi connectivity index (χ2v) is 20.3. The molecule has 1 spiro atoms. The van der Waals surface area contributed by atoms with Gasteiger partial charge in [-0.1, -0.05) is 63.6 Å². The van der Waals surface area contributed by atoms with Crippen LogP contribution >= 0.6 is 0 Å². The number of allylic oxidation sites excluding steroid dienone is 2. The average Bonchev–Trinajstić information content (AvgIpc) is 3.14. The van der Waals surface area contributed by atoms with Crippen molar-refractivity contribution >= 4 is 23.6 Å². The van der Waals surface area contributed by atoms with Crippen LogP contribution in [0.5, 0.6) is 0 Å². The number of fused-ring (bicyclic) bond motifs is 6. The van der Waals surface area contributed by atoms with Gasteiger partial charge in [0, 0.05) is 24.9 Å². The Morgan fingerprint density at radius 1 is 0.909 bits per heavy atom. The lowest BCUT2D eigenvalue weighted by molar-refractivity contribution is -0.221. The summed E-state index contributed by atoms with van der Waals surface area (Å²) in [6, 6.07) is 9.84. The molecule has 0 saturated heterocycles. The van der Waals surface area contributed by atoms with Crippen LogP contribution in [0.25, 0.3) is 0 Å². The third-order valence-electron chi connectivity index (χ3n) is 16.9. The highest BCUT2D eigenvalue weighted by molar-refractivity contribution is 5.97. The van der Waals surface area contributed by atoms with Crippen molar-refractivity contribution in [1.82, 2.24) is 0 Å². The number of rotatable bonds is 11. The minimum atomic E-state index is -0.886. The van der Waals surface area contributed by atoms with E-state index in [-0.39, 0.29) is 64.7 Å². The molecule has 0 bridgehead atoms. The summed E-state index contributed by atoms with van der Waals surface area (Å²) in [6.45, 7) is 18.5. The summed E-state index contributed by atoms with van der Waals surface area (Å²) in [5, 5.41) is 11.4. The molecular weight excluding hydrogens is 695 g/mol. The fraction of sp³-hybridized carbons (Fsp3) is 0.739. The molecule has 9 nitrogen and oxygen atoms in total. The molecule has 1 aliphatic heterocycles. The number of carbonyl (C=O) groups is 3. The van der Waals surface area contributed by atoms with Crippen molar-refractivity contribution in [3.63, 3.8) is 0 Å². The summed E-state index contributed by atoms with van der Waals surface area (Å²) in [6.07, 6.45) is 9.25. The number of esters is 2. The van der Waals surface area contributed by atoms with Crippen molar-refractivity contribution in [3.05, 3.63) is 47.5 Å². The molecule has 10 atom stereocenters. The van der Waals surface area contributed by atoms with Gasteiger partial charge in [-0.3, -0.25) is 14.4 Å². The molecular formula is C46H65NO8. The van der Waals surface area contributed by atoms with Crippen LogP contribution in [0.1, 0.15) is 132 Å². The second-order valence-electron chi connectivity index (χ2n) is 20.3. The third kappa shape index (κ3) is 5.89. The van der Waals surface area contributed by atoms with Gasteiger partial charge >= 0.3 is 11.9 Å². The molecule has 6 aliphatic rings. The molecule has 7 rings (SSSR count). The van der Waals surface area contributed by atoms with Crippen molar-refractivity contribution in [3.8, 4) is 0 Å². The number of aliphatic hydroxyl groups is 1. The zero-order chi connectivity index (χ0) is 39.9. The Bertz CT molecular complexity index is 1770. The largest absolute Gasteiger partial charge is 0.496 e. The number of hydrogen-bond donors (Lipinski definition) is 1. The quantitative estimate of drug-likeness (QED) is 0.176. The second kappa shape index (κ2) is 13.5. The van der Waals surface area contributed by atoms with E-state index in [1.807, 2.05) is 57.2 Å². The number of aliphatic hydroxyl groups excluding tert-OH is 1. The maximum atomic E-state index is 15.0. The third-order valence-corrected chi connectivity index (χ3v) is 16.9. The Morgan fingerprint density at radius 3 is 2.31 bits per heavy atom. The predicted molar refractivity (Wildman–Crippen MR) is 210 cm³/mol. The first-order valence-corrected chi connectivity index (χ1v) is 20.8. The fourth-order valence-electron chi connectivity index (χ4n) is 12.9. The van der Waals surface area contributed by atoms with Gasteiger partial charge in [-0.15, -0.1) is 0 Å². The lowest BCUT2D eigenvalue weighted by Gasteiger charge is -2.75. The van der Waals surface area contributed by atoms with Crippen molar-refractivity contribution in [2.45, 2.75) is 150 Å². The molecule has 0 unspecified atom stereocenters. The van der Waals surface area contributed by atoms with E-state index in [4.69, 9.17) is 23.9 Å². The lowest BCUT2D eigenvalue weighted by Crippen LogP contribution is -2.79. The molecule has 1 N–H and O–H groups in total. The Kier molecular flexibility index (Phi) is 9.88. The van der Waals surface area contributed by atoms with Crippen molar-refractivity contribution in [1.29, 1.82) is 0 Å². The van der Waals surface area contributed by atoms with Crippen molar-refractivity contribution < 1.29 is 38.4 Å². The van der Waals surface area contributed by atoms with Crippen LogP contribution in [0.3, 0.4) is 0 Å². The van der Waals surface area contributed by atoms with Gasteiger partial charge < -0.3 is 24.1 Å². The summed E-state index contributed by atoms with van der Waals surface area (Å²) in [5.74, 6) is -0.492. The molecule has 302 valence electrons. The normalized spacial score (nSPS) is 41.8. The Morgan fingerprint density at radius 2 is 1.62 bits per heavy atom. The minimum absolute atomic E-state index is 0.00363. The van der Waals surface area contributed by atoms with E-state index in [1.54, 1.807) is 7.11 Å². The first-order valence-electron chi connectivity index (χ1n) is 20.8. The molecule has 1 aromatic rings. The smallest absolute Gasteiger partial charge is 0.312 e. The van der Waals surface area contributed by atoms with Gasteiger partial charge in [0.05, 0.1) is 29.8 Å². The number of ketones is 1. The van der Waals surface area contributed by atoms with Crippen molar-refractivity contribution in [2.24, 2.45) is 49.3 Å². The molecule has 1 aromatic carbocycles. The molecule has 0 radical (unpaired) electrons. The number of hydrogen-bond acceptors (Lipinski definition) is 8. The van der Waals surface area contributed by atoms with Gasteiger partial charge in [0.25, 0.3) is 0 Å². The SMILES string of the molecule is COCCOC(C)(C)CCC(=O)O[C@H]1CC[C@]2(C)[C@H]3C(=O)C=C4[C@@H]5C[C@@](C)(C(=O)OCc6ccccc6)CC[C@]5(C)CC[C@@]4(C)[C@]3(C)CC[C@]23N=C(O)[C@]13C. The van der Waals surface area contributed by atoms with Crippen LogP contribution in [0.15, 0.2) is 47.0 Å². The number of ether oxygens (including phenoxy) is 4. The minimum Gasteiger partial charge on any atom is -0.496 e. The first-order chi connectivity index (χ1) is 25.7. The van der Waals surface area contributed by atoms with Crippen LogP contribution in [0.4, 0.5) is 0 Å². The van der Waals surface area contributed by atoms with Gasteiger partial charge in [-0.05, 0) is 126 Å². The monoisotopic (exact) mass is 759 g/mol. The Hall–Kier alpha value is -3.04. The zero-order valence-corrected chi connectivity index (χ0v) is 34.8. The van der Waals surface area contributed by atoms with Gasteiger partial charge in [-0.25, -0.2) is 4.99 Å². The van der Waals surface area contributed by atoms with Gasteiger partial charge in [0.1, 0.15) is 18.1 Å². The molecule has 9 heteroatoms. The lowest BCUT2D eigenvalue weighted by atomic mass is 9.30. The van der Waals surface area contributed by atoms with E-state index in [2.05, 4.69) is 34.6 Å². The highest BCUT2D eigenvalue weighted by Crippen LogP contribution is 2.78. The number of nitrogens with zero attached hydrogens (tertiary/aromatic N) is 1. The zero-order valence-electron chi connectivity index (χ0n) is 34.8. The maximum Gasteiger partial charge on any atom is 0.312 e. The molecule has 1 heterocycles. The van der Waals surface area contributed by atoms with E-state index in [0.717, 1.165) is 37.7 Å². The fourth-order valence-corrected chi connectivity index (χ4v) is 12.9. The molecule has 4 fully saturated rings. The number of aliphatic imine (C=N–C) groups is 1. The summed E-state index contributed by atoms with van der Waals surface area (Å²) in [7, 11) is 1.63. The van der Waals surface area contributed by atoms with Crippen LogP contribution in [0, 0.1) is 44.3 Å². The van der Waals surface area contributed by atoms with E-state index < -0.39 is 33.5 Å². The summed E-state index contributed by atoms with van der Waals surface area (Å²) >= 11 is 0. The number of methoxy groups -OCH3 is 1. The summed E-state index contributed by atoms with van der Waals surface area (Å²) in [5.41, 5.74) is -1.70. The molecule has 5 aliphatic carbocycles. The molecule has 55 heavy (non-hydrogen) atoms. The van der Waals surface area contributed by atoms with Crippen LogP contribution < -0.4 is 0 Å². The summed E-state index contributed by atoms with van der Waals surface area (Å²) in [4.78, 5) is 47.3. The molecule has 0 aromatic heterocycles. The van der Waals surface area contributed by atoms with Crippen LogP contribution in [-0.4, -0.2) is 66.3 Å². The van der Waals surface area contributed by atoms with E-state index in [1.165, 1.54) is 5.57 Å². The highest BCUT2D eigenvalue weighted by atomic mass is 16.6. The highest BCUT2D eigenvalue weighted by Gasteiger charge is 2.80. The van der Waals surface area contributed by atoms with Gasteiger partial charge in [-0.2, -0.15) is 0 Å². The standard InChI is InChI=1S/C46H65NO8/c1-39(2,54-26-25-52-9)17-16-35(49)55-34-15-18-44(7)36-33(48)27-31-32-28-41(4,38(51)53-29-30-13-11-10-12-14-30)20-19-40(32,3)21-22-42(31,5)43(36,6)23-24-46(44)45(34,8)37(50)47-46/h10-14,27,32,34,36H,15-26,28-29H2,1-9H3,(H,47,50)/t32-,34-,36-,40+,41-,42+,43+,44+,45-,46-/m0/s1. The number of carbonyl (C=O) groups excluding carboxylic acids is 3. The van der Waals surface area contributed by atoms with E-state index in [0.29, 0.717) is 45.3 Å². The van der Waals surface area contributed by atoms with E-state index in [9.17, 15) is 14.7 Å². The predicted octanol–water partition coefficient (Wildman–Crippen LogP) is 8.92. The van der Waals surface area contributed by atoms with E-state index >= 15 is 4.79 Å². The van der Waals surface area contributed by atoms with Crippen LogP contribution in [0.2, 0.25) is 0 Å². The Labute approximate surface area is 328 Å². The molecule has 4 saturated carbocycles. The maximum absolute atomic E-state index is 15.0. The average molecular weight is 760 g/mol. The van der Waals surface area contributed by atoms with Crippen molar-refractivity contribution in [2.75, 3.05) is 20.3 Å². The topological polar surface area (TPSA) is 121 Å². The van der Waals surface area contributed by atoms with Gasteiger partial charge in [0.2, 0.25) is 0 Å². The van der Waals surface area contributed by atoms with Gasteiger partial charge in [0.15, 0.2) is 11.7 Å². The summed E-state index contributed by atoms with van der Waals surface area (Å²) < 4.78 is 23.3. The Balaban J connectivity index is 1.14.